The van der Waals surface area contributed by atoms with E-state index < -0.39 is 0 Å². The van der Waals surface area contributed by atoms with E-state index in [1.165, 1.54) is 6.92 Å². The van der Waals surface area contributed by atoms with Crippen LogP contribution < -0.4 is 10.1 Å². The molecule has 2 aromatic carbocycles. The Hall–Kier alpha value is -2.86. The van der Waals surface area contributed by atoms with E-state index in [0.29, 0.717) is 33.7 Å². The van der Waals surface area contributed by atoms with Gasteiger partial charge in [0.15, 0.2) is 6.61 Å². The number of halogens is 1. The number of anilines is 1. The molecule has 0 unspecified atom stereocenters. The highest BCUT2D eigenvalue weighted by molar-refractivity contribution is 6.33. The van der Waals surface area contributed by atoms with Crippen LogP contribution in [0.15, 0.2) is 53.1 Å². The monoisotopic (exact) mass is 343 g/mol. The highest BCUT2D eigenvalue weighted by atomic mass is 35.5. The Labute approximate surface area is 143 Å². The third-order valence-electron chi connectivity index (χ3n) is 3.13. The molecule has 0 bridgehead atoms. The van der Waals surface area contributed by atoms with Gasteiger partial charge < -0.3 is 14.6 Å². The summed E-state index contributed by atoms with van der Waals surface area (Å²) < 4.78 is 10.8. The van der Waals surface area contributed by atoms with Gasteiger partial charge in [0.2, 0.25) is 11.7 Å². The molecule has 0 saturated heterocycles. The summed E-state index contributed by atoms with van der Waals surface area (Å²) in [6.07, 6.45) is 0. The van der Waals surface area contributed by atoms with Gasteiger partial charge in [0.1, 0.15) is 5.75 Å². The van der Waals surface area contributed by atoms with Crippen molar-refractivity contribution in [1.29, 1.82) is 0 Å². The summed E-state index contributed by atoms with van der Waals surface area (Å²) in [4.78, 5) is 15.5. The Morgan fingerprint density at radius 1 is 1.21 bits per heavy atom. The molecule has 0 atom stereocenters. The molecule has 24 heavy (non-hydrogen) atoms. The lowest BCUT2D eigenvalue weighted by atomic mass is 10.2. The van der Waals surface area contributed by atoms with Crippen LogP contribution in [0.25, 0.3) is 11.4 Å². The minimum atomic E-state index is -0.176. The molecular weight excluding hydrogens is 330 g/mol. The van der Waals surface area contributed by atoms with E-state index in [1.54, 1.807) is 24.3 Å². The second-order valence-electron chi connectivity index (χ2n) is 4.96. The number of para-hydroxylation sites is 2. The molecule has 0 radical (unpaired) electrons. The first-order valence-electron chi connectivity index (χ1n) is 7.20. The Balaban J connectivity index is 1.73. The average molecular weight is 344 g/mol. The zero-order chi connectivity index (χ0) is 16.9. The number of benzene rings is 2. The molecule has 0 aliphatic carbocycles. The summed E-state index contributed by atoms with van der Waals surface area (Å²) in [6, 6.07) is 14.4. The molecule has 0 fully saturated rings. The SMILES string of the molecule is CC(=O)Nc1ccccc1OCc1nc(-c2ccccc2Cl)no1. The molecule has 0 aliphatic heterocycles. The van der Waals surface area contributed by atoms with Gasteiger partial charge in [0.05, 0.1) is 10.7 Å². The van der Waals surface area contributed by atoms with Crippen molar-refractivity contribution >= 4 is 23.2 Å². The number of rotatable bonds is 5. The van der Waals surface area contributed by atoms with E-state index in [9.17, 15) is 4.79 Å². The normalized spacial score (nSPS) is 10.4. The number of carbonyl (C=O) groups excluding carboxylic acids is 1. The quantitative estimate of drug-likeness (QED) is 0.759. The standard InChI is InChI=1S/C17H14ClN3O3/c1-11(22)19-14-8-4-5-9-15(14)23-10-16-20-17(21-24-16)12-6-2-3-7-13(12)18/h2-9H,10H2,1H3,(H,19,22). The molecule has 0 saturated carbocycles. The van der Waals surface area contributed by atoms with Gasteiger partial charge in [0, 0.05) is 12.5 Å². The minimum Gasteiger partial charge on any atom is -0.482 e. The summed E-state index contributed by atoms with van der Waals surface area (Å²) in [5.41, 5.74) is 1.27. The third kappa shape index (κ3) is 3.72. The number of hydrogen-bond acceptors (Lipinski definition) is 5. The number of nitrogens with zero attached hydrogens (tertiary/aromatic N) is 2. The van der Waals surface area contributed by atoms with Crippen LogP contribution in [0.5, 0.6) is 5.75 Å². The first-order valence-corrected chi connectivity index (χ1v) is 7.58. The topological polar surface area (TPSA) is 77.2 Å². The summed E-state index contributed by atoms with van der Waals surface area (Å²) in [5.74, 6) is 1.05. The maximum Gasteiger partial charge on any atom is 0.264 e. The smallest absolute Gasteiger partial charge is 0.264 e. The molecule has 6 nitrogen and oxygen atoms in total. The van der Waals surface area contributed by atoms with Crippen LogP contribution in [0, 0.1) is 0 Å². The number of aromatic nitrogens is 2. The number of carbonyl (C=O) groups is 1. The van der Waals surface area contributed by atoms with E-state index in [2.05, 4.69) is 15.5 Å². The van der Waals surface area contributed by atoms with Crippen molar-refractivity contribution in [3.05, 3.63) is 59.4 Å². The number of amides is 1. The average Bonchev–Trinajstić information content (AvgIpc) is 3.03. The fourth-order valence-corrected chi connectivity index (χ4v) is 2.31. The maximum absolute atomic E-state index is 11.2. The second-order valence-corrected chi connectivity index (χ2v) is 5.36. The zero-order valence-corrected chi connectivity index (χ0v) is 13.6. The van der Waals surface area contributed by atoms with Gasteiger partial charge in [0.25, 0.3) is 5.89 Å². The van der Waals surface area contributed by atoms with Crippen LogP contribution in [0.2, 0.25) is 5.02 Å². The fourth-order valence-electron chi connectivity index (χ4n) is 2.09. The first kappa shape index (κ1) is 16.0. The van der Waals surface area contributed by atoms with Crippen LogP contribution in [0.3, 0.4) is 0 Å². The molecule has 1 heterocycles. The maximum atomic E-state index is 11.2. The van der Waals surface area contributed by atoms with Crippen molar-refractivity contribution in [2.75, 3.05) is 5.32 Å². The van der Waals surface area contributed by atoms with Gasteiger partial charge in [-0.1, -0.05) is 41.0 Å². The van der Waals surface area contributed by atoms with Crippen LogP contribution >= 0.6 is 11.6 Å². The molecule has 3 aromatic rings. The van der Waals surface area contributed by atoms with Gasteiger partial charge in [-0.3, -0.25) is 4.79 Å². The van der Waals surface area contributed by atoms with Crippen molar-refractivity contribution in [2.24, 2.45) is 0 Å². The molecule has 3 rings (SSSR count). The highest BCUT2D eigenvalue weighted by Gasteiger charge is 2.12. The Morgan fingerprint density at radius 2 is 1.96 bits per heavy atom. The van der Waals surface area contributed by atoms with Crippen molar-refractivity contribution < 1.29 is 14.1 Å². The number of nitrogens with one attached hydrogen (secondary N) is 1. The van der Waals surface area contributed by atoms with Crippen LogP contribution in [-0.2, 0) is 11.4 Å². The van der Waals surface area contributed by atoms with E-state index in [4.69, 9.17) is 20.9 Å². The van der Waals surface area contributed by atoms with Gasteiger partial charge in [-0.05, 0) is 24.3 Å². The van der Waals surface area contributed by atoms with Gasteiger partial charge in [-0.2, -0.15) is 4.98 Å². The minimum absolute atomic E-state index is 0.0774. The molecule has 122 valence electrons. The van der Waals surface area contributed by atoms with Crippen LogP contribution in [0.4, 0.5) is 5.69 Å². The second kappa shape index (κ2) is 7.14. The number of ether oxygens (including phenoxy) is 1. The predicted octanol–water partition coefficient (Wildman–Crippen LogP) is 3.93. The highest BCUT2D eigenvalue weighted by Crippen LogP contribution is 2.26. The summed E-state index contributed by atoms with van der Waals surface area (Å²) in [7, 11) is 0. The van der Waals surface area contributed by atoms with Crippen molar-refractivity contribution in [3.8, 4) is 17.1 Å². The Morgan fingerprint density at radius 3 is 2.75 bits per heavy atom. The molecule has 7 heteroatoms. The molecule has 0 aliphatic rings. The van der Waals surface area contributed by atoms with E-state index in [0.717, 1.165) is 0 Å². The Kier molecular flexibility index (Phi) is 4.77. The summed E-state index contributed by atoms with van der Waals surface area (Å²) in [5, 5.41) is 7.15. The molecule has 1 amide bonds. The molecule has 1 aromatic heterocycles. The first-order chi connectivity index (χ1) is 11.6. The van der Waals surface area contributed by atoms with Crippen LogP contribution in [0.1, 0.15) is 12.8 Å². The largest absolute Gasteiger partial charge is 0.482 e. The fraction of sp³-hybridized carbons (Fsp3) is 0.118. The van der Waals surface area contributed by atoms with E-state index in [-0.39, 0.29) is 12.5 Å². The third-order valence-corrected chi connectivity index (χ3v) is 3.46. The lowest BCUT2D eigenvalue weighted by Gasteiger charge is -2.09. The lowest BCUT2D eigenvalue weighted by Crippen LogP contribution is -2.07. The summed E-state index contributed by atoms with van der Waals surface area (Å²) in [6.45, 7) is 1.51. The van der Waals surface area contributed by atoms with Crippen molar-refractivity contribution in [2.45, 2.75) is 13.5 Å². The Bertz CT molecular complexity index is 864. The van der Waals surface area contributed by atoms with E-state index >= 15 is 0 Å². The molecular formula is C17H14ClN3O3. The number of hydrogen-bond donors (Lipinski definition) is 1. The van der Waals surface area contributed by atoms with Gasteiger partial charge in [-0.25, -0.2) is 0 Å². The van der Waals surface area contributed by atoms with Gasteiger partial charge in [-0.15, -0.1) is 0 Å². The zero-order valence-electron chi connectivity index (χ0n) is 12.8. The van der Waals surface area contributed by atoms with Crippen LogP contribution in [-0.4, -0.2) is 16.0 Å². The van der Waals surface area contributed by atoms with Crippen molar-refractivity contribution in [3.63, 3.8) is 0 Å². The lowest BCUT2D eigenvalue weighted by molar-refractivity contribution is -0.114. The molecule has 1 N–H and O–H groups in total. The molecule has 0 spiro atoms. The summed E-state index contributed by atoms with van der Waals surface area (Å²) >= 11 is 6.12. The van der Waals surface area contributed by atoms with Crippen molar-refractivity contribution in [1.82, 2.24) is 10.1 Å². The van der Waals surface area contributed by atoms with Gasteiger partial charge >= 0.3 is 0 Å². The predicted molar refractivity (Wildman–Crippen MR) is 89.8 cm³/mol. The van der Waals surface area contributed by atoms with E-state index in [1.807, 2.05) is 24.3 Å².